The van der Waals surface area contributed by atoms with Crippen molar-refractivity contribution in [3.05, 3.63) is 35.1 Å². The smallest absolute Gasteiger partial charge is 0.338 e. The molecule has 0 spiro atoms. The molecule has 0 atom stereocenters. The lowest BCUT2D eigenvalue weighted by Crippen LogP contribution is -2.15. The van der Waals surface area contributed by atoms with Gasteiger partial charge >= 0.3 is 5.97 Å². The van der Waals surface area contributed by atoms with Crippen LogP contribution in [-0.4, -0.2) is 11.1 Å². The van der Waals surface area contributed by atoms with Crippen molar-refractivity contribution in [1.29, 1.82) is 0 Å². The second-order valence-electron chi connectivity index (χ2n) is 8.45. The predicted molar refractivity (Wildman–Crippen MR) is 110 cm³/mol. The Labute approximate surface area is 164 Å². The lowest BCUT2D eigenvalue weighted by atomic mass is 9.77. The minimum absolute atomic E-state index is 0.232. The van der Waals surface area contributed by atoms with Crippen LogP contribution in [0.5, 0.6) is 0 Å². The summed E-state index contributed by atoms with van der Waals surface area (Å²) in [6.45, 7) is 2.27. The van der Waals surface area contributed by atoms with Crippen molar-refractivity contribution >= 4 is 5.97 Å². The van der Waals surface area contributed by atoms with Crippen LogP contribution in [0.1, 0.15) is 106 Å². The number of carboxylic acids is 1. The first-order chi connectivity index (χ1) is 13.1. The molecule has 0 amide bonds. The van der Waals surface area contributed by atoms with E-state index in [4.69, 9.17) is 5.11 Å². The number of aryl methyl sites for hydroxylation is 1. The van der Waals surface area contributed by atoms with Crippen LogP contribution in [-0.2, 0) is 6.42 Å². The summed E-state index contributed by atoms with van der Waals surface area (Å²) in [5, 5.41) is 8.90. The molecule has 1 fully saturated rings. The molecule has 1 aromatic rings. The molecule has 3 heteroatoms. The standard InChI is InChI=1S/C24H37FO2/c1-2-3-4-5-6-7-8-9-19-10-12-20(13-11-19)14-15-21-16-17-22(24(26)27)23(25)18-21/h16-20H,2-15H2,1H3,(H,26,27)/t19-,20-. The molecule has 0 radical (unpaired) electrons. The Hall–Kier alpha value is -1.38. The Morgan fingerprint density at radius 2 is 1.56 bits per heavy atom. The first-order valence-corrected chi connectivity index (χ1v) is 11.1. The zero-order valence-electron chi connectivity index (χ0n) is 17.0. The van der Waals surface area contributed by atoms with Gasteiger partial charge in [0.2, 0.25) is 0 Å². The van der Waals surface area contributed by atoms with Gasteiger partial charge < -0.3 is 5.11 Å². The number of hydrogen-bond acceptors (Lipinski definition) is 1. The number of hydrogen-bond donors (Lipinski definition) is 1. The van der Waals surface area contributed by atoms with Crippen molar-refractivity contribution < 1.29 is 14.3 Å². The Morgan fingerprint density at radius 1 is 0.963 bits per heavy atom. The minimum Gasteiger partial charge on any atom is -0.478 e. The van der Waals surface area contributed by atoms with Gasteiger partial charge in [0.1, 0.15) is 5.82 Å². The first kappa shape index (κ1) is 21.9. The second-order valence-corrected chi connectivity index (χ2v) is 8.45. The van der Waals surface area contributed by atoms with Crippen LogP contribution < -0.4 is 0 Å². The van der Waals surface area contributed by atoms with Crippen molar-refractivity contribution in [2.75, 3.05) is 0 Å². The molecule has 27 heavy (non-hydrogen) atoms. The molecule has 0 aromatic heterocycles. The predicted octanol–water partition coefficient (Wildman–Crippen LogP) is 7.40. The van der Waals surface area contributed by atoms with E-state index in [9.17, 15) is 9.18 Å². The van der Waals surface area contributed by atoms with Crippen molar-refractivity contribution in [2.24, 2.45) is 11.8 Å². The molecular formula is C24H37FO2. The van der Waals surface area contributed by atoms with Crippen LogP contribution >= 0.6 is 0 Å². The normalized spacial score (nSPS) is 19.9. The van der Waals surface area contributed by atoms with Gasteiger partial charge in [-0.2, -0.15) is 0 Å². The molecule has 2 nitrogen and oxygen atoms in total. The monoisotopic (exact) mass is 376 g/mol. The van der Waals surface area contributed by atoms with Crippen LogP contribution in [0.3, 0.4) is 0 Å². The number of rotatable bonds is 12. The van der Waals surface area contributed by atoms with Crippen molar-refractivity contribution in [3.8, 4) is 0 Å². The van der Waals surface area contributed by atoms with Crippen LogP contribution in [0.2, 0.25) is 0 Å². The third-order valence-corrected chi connectivity index (χ3v) is 6.29. The summed E-state index contributed by atoms with van der Waals surface area (Å²) in [5.41, 5.74) is 0.687. The van der Waals surface area contributed by atoms with Gasteiger partial charge in [0.05, 0.1) is 5.56 Å². The average Bonchev–Trinajstić information content (AvgIpc) is 2.66. The van der Waals surface area contributed by atoms with Crippen LogP contribution in [0, 0.1) is 17.7 Å². The van der Waals surface area contributed by atoms with E-state index in [2.05, 4.69) is 6.92 Å². The molecule has 1 N–H and O–H groups in total. The van der Waals surface area contributed by atoms with Crippen LogP contribution in [0.15, 0.2) is 18.2 Å². The van der Waals surface area contributed by atoms with Gasteiger partial charge in [0.15, 0.2) is 0 Å². The molecule has 0 bridgehead atoms. The van der Waals surface area contributed by atoms with Crippen LogP contribution in [0.25, 0.3) is 0 Å². The summed E-state index contributed by atoms with van der Waals surface area (Å²) < 4.78 is 13.8. The fraction of sp³-hybridized carbons (Fsp3) is 0.708. The first-order valence-electron chi connectivity index (χ1n) is 11.1. The zero-order valence-corrected chi connectivity index (χ0v) is 17.0. The zero-order chi connectivity index (χ0) is 19.5. The van der Waals surface area contributed by atoms with Gasteiger partial charge in [0, 0.05) is 0 Å². The minimum atomic E-state index is -1.20. The maximum Gasteiger partial charge on any atom is 0.338 e. The van der Waals surface area contributed by atoms with Crippen LogP contribution in [0.4, 0.5) is 4.39 Å². The van der Waals surface area contributed by atoms with E-state index < -0.39 is 11.8 Å². The van der Waals surface area contributed by atoms with E-state index in [1.54, 1.807) is 6.07 Å². The molecule has 152 valence electrons. The van der Waals surface area contributed by atoms with Crippen molar-refractivity contribution in [1.82, 2.24) is 0 Å². The Balaban J connectivity index is 1.58. The molecule has 1 saturated carbocycles. The quantitative estimate of drug-likeness (QED) is 0.386. The Bertz CT molecular complexity index is 561. The molecule has 1 aromatic carbocycles. The van der Waals surface area contributed by atoms with Crippen molar-refractivity contribution in [3.63, 3.8) is 0 Å². The molecule has 0 aliphatic heterocycles. The fourth-order valence-corrected chi connectivity index (χ4v) is 4.46. The highest BCUT2D eigenvalue weighted by atomic mass is 19.1. The maximum atomic E-state index is 13.8. The third-order valence-electron chi connectivity index (χ3n) is 6.29. The third kappa shape index (κ3) is 8.02. The van der Waals surface area contributed by atoms with E-state index in [1.165, 1.54) is 89.2 Å². The van der Waals surface area contributed by atoms with E-state index in [-0.39, 0.29) is 5.56 Å². The van der Waals surface area contributed by atoms with Gasteiger partial charge in [-0.1, -0.05) is 90.0 Å². The summed E-state index contributed by atoms with van der Waals surface area (Å²) >= 11 is 0. The molecule has 0 heterocycles. The van der Waals surface area contributed by atoms with Gasteiger partial charge in [-0.05, 0) is 42.4 Å². The van der Waals surface area contributed by atoms with E-state index >= 15 is 0 Å². The van der Waals surface area contributed by atoms with Crippen molar-refractivity contribution in [2.45, 2.75) is 96.8 Å². The van der Waals surface area contributed by atoms with E-state index in [1.807, 2.05) is 0 Å². The average molecular weight is 377 g/mol. The molecule has 2 rings (SSSR count). The van der Waals surface area contributed by atoms with Gasteiger partial charge in [-0.3, -0.25) is 0 Å². The number of carboxylic acid groups (broad SMARTS) is 1. The van der Waals surface area contributed by atoms with Gasteiger partial charge in [-0.25, -0.2) is 9.18 Å². The Morgan fingerprint density at radius 3 is 2.15 bits per heavy atom. The Kier molecular flexibility index (Phi) is 9.86. The molecule has 0 unspecified atom stereocenters. The summed E-state index contributed by atoms with van der Waals surface area (Å²) in [6.07, 6.45) is 18.4. The number of unbranched alkanes of at least 4 members (excludes halogenated alkanes) is 6. The van der Waals surface area contributed by atoms with E-state index in [0.717, 1.165) is 30.2 Å². The molecule has 0 saturated heterocycles. The van der Waals surface area contributed by atoms with Gasteiger partial charge in [-0.15, -0.1) is 0 Å². The number of benzene rings is 1. The highest BCUT2D eigenvalue weighted by Crippen LogP contribution is 2.34. The topological polar surface area (TPSA) is 37.3 Å². The molecular weight excluding hydrogens is 339 g/mol. The maximum absolute atomic E-state index is 13.8. The summed E-state index contributed by atoms with van der Waals surface area (Å²) in [7, 11) is 0. The largest absolute Gasteiger partial charge is 0.478 e. The van der Waals surface area contributed by atoms with Gasteiger partial charge in [0.25, 0.3) is 0 Å². The number of carbonyl (C=O) groups is 1. The fourth-order valence-electron chi connectivity index (χ4n) is 4.46. The second kappa shape index (κ2) is 12.2. The summed E-state index contributed by atoms with van der Waals surface area (Å²) in [4.78, 5) is 10.9. The lowest BCUT2D eigenvalue weighted by molar-refractivity contribution is 0.0692. The summed E-state index contributed by atoms with van der Waals surface area (Å²) in [5.74, 6) is -0.140. The highest BCUT2D eigenvalue weighted by Gasteiger charge is 2.21. The highest BCUT2D eigenvalue weighted by molar-refractivity contribution is 5.87. The lowest BCUT2D eigenvalue weighted by Gasteiger charge is -2.28. The van der Waals surface area contributed by atoms with E-state index in [0.29, 0.717) is 0 Å². The number of aromatic carboxylic acids is 1. The summed E-state index contributed by atoms with van der Waals surface area (Å²) in [6, 6.07) is 4.56. The molecule has 1 aliphatic rings. The SMILES string of the molecule is CCCCCCCCC[C@H]1CC[C@H](CCc2ccc(C(=O)O)c(F)c2)CC1. The molecule has 1 aliphatic carbocycles. The number of halogens is 1.